The van der Waals surface area contributed by atoms with Gasteiger partial charge < -0.3 is 19.3 Å². The van der Waals surface area contributed by atoms with E-state index < -0.39 is 28.1 Å². The minimum absolute atomic E-state index is 0.0465. The van der Waals surface area contributed by atoms with Crippen molar-refractivity contribution in [3.05, 3.63) is 93.6 Å². The molecule has 204 valence electrons. The first-order valence-electron chi connectivity index (χ1n) is 13.8. The van der Waals surface area contributed by atoms with Crippen molar-refractivity contribution >= 4 is 22.6 Å². The van der Waals surface area contributed by atoms with Crippen LogP contribution >= 0.6 is 22.6 Å². The molecule has 1 saturated carbocycles. The zero-order valence-corrected chi connectivity index (χ0v) is 25.2. The Bertz CT molecular complexity index is 1180. The number of aliphatic hydroxyl groups excluding tert-OH is 1. The van der Waals surface area contributed by atoms with Crippen molar-refractivity contribution in [3.8, 4) is 0 Å². The van der Waals surface area contributed by atoms with Gasteiger partial charge in [0.05, 0.1) is 25.4 Å². The minimum atomic E-state index is -0.859. The number of epoxide rings is 1. The second kappa shape index (κ2) is 10.5. The molecule has 5 heteroatoms. The summed E-state index contributed by atoms with van der Waals surface area (Å²) in [6.07, 6.45) is 4.27. The van der Waals surface area contributed by atoms with E-state index in [1.807, 2.05) is 42.5 Å². The number of hydrogen-bond donors (Lipinski definition) is 1. The molecule has 2 aromatic rings. The summed E-state index contributed by atoms with van der Waals surface area (Å²) in [4.78, 5) is 0. The molecule has 4 unspecified atom stereocenters. The van der Waals surface area contributed by atoms with E-state index in [9.17, 15) is 5.11 Å². The lowest BCUT2D eigenvalue weighted by Gasteiger charge is -2.56. The van der Waals surface area contributed by atoms with E-state index in [1.165, 1.54) is 9.15 Å². The van der Waals surface area contributed by atoms with Gasteiger partial charge in [-0.3, -0.25) is 0 Å². The van der Waals surface area contributed by atoms with E-state index in [4.69, 9.17) is 14.2 Å². The van der Waals surface area contributed by atoms with Crippen LogP contribution in [0.2, 0.25) is 0 Å². The second-order valence-corrected chi connectivity index (χ2v) is 13.1. The zero-order valence-electron chi connectivity index (χ0n) is 23.1. The van der Waals surface area contributed by atoms with Crippen molar-refractivity contribution < 1.29 is 19.3 Å². The molecule has 0 aromatic heterocycles. The third kappa shape index (κ3) is 4.33. The van der Waals surface area contributed by atoms with Gasteiger partial charge in [-0.1, -0.05) is 93.1 Å². The Hall–Kier alpha value is -1.51. The first-order chi connectivity index (χ1) is 18.1. The van der Waals surface area contributed by atoms with Crippen molar-refractivity contribution in [3.63, 3.8) is 0 Å². The maximum atomic E-state index is 12.7. The third-order valence-electron chi connectivity index (χ3n) is 9.72. The molecule has 2 fully saturated rings. The van der Waals surface area contributed by atoms with Gasteiger partial charge in [0.15, 0.2) is 0 Å². The molecular formula is C33H41IO4. The maximum absolute atomic E-state index is 12.7. The molecule has 1 aliphatic heterocycles. The van der Waals surface area contributed by atoms with E-state index in [2.05, 4.69) is 81.1 Å². The average Bonchev–Trinajstić information content (AvgIpc) is 3.69. The van der Waals surface area contributed by atoms with E-state index in [0.29, 0.717) is 13.2 Å². The van der Waals surface area contributed by atoms with Crippen LogP contribution in [0, 0.1) is 10.8 Å². The third-order valence-corrected chi connectivity index (χ3v) is 12.0. The fourth-order valence-electron chi connectivity index (χ4n) is 7.11. The molecule has 4 nitrogen and oxygen atoms in total. The lowest BCUT2D eigenvalue weighted by molar-refractivity contribution is -0.224. The lowest BCUT2D eigenvalue weighted by atomic mass is 9.55. The highest BCUT2D eigenvalue weighted by molar-refractivity contribution is 14.1. The van der Waals surface area contributed by atoms with Crippen LogP contribution < -0.4 is 0 Å². The molecular weight excluding hydrogens is 587 g/mol. The Morgan fingerprint density at radius 2 is 1.63 bits per heavy atom. The highest BCUT2D eigenvalue weighted by Crippen LogP contribution is 2.66. The number of allylic oxidation sites excluding steroid dienone is 1. The average molecular weight is 629 g/mol. The Kier molecular flexibility index (Phi) is 7.73. The monoisotopic (exact) mass is 628 g/mol. The molecule has 0 radical (unpaired) electrons. The molecule has 38 heavy (non-hydrogen) atoms. The maximum Gasteiger partial charge on any atom is 0.135 e. The van der Waals surface area contributed by atoms with Crippen molar-refractivity contribution in [2.45, 2.75) is 96.1 Å². The molecule has 2 aliphatic carbocycles. The highest BCUT2D eigenvalue weighted by atomic mass is 127. The molecule has 1 saturated heterocycles. The fourth-order valence-corrected chi connectivity index (χ4v) is 7.84. The van der Waals surface area contributed by atoms with Gasteiger partial charge in [0.1, 0.15) is 17.3 Å². The van der Waals surface area contributed by atoms with Gasteiger partial charge in [-0.15, -0.1) is 6.58 Å². The summed E-state index contributed by atoms with van der Waals surface area (Å²) in [5.74, 6) is 0. The molecule has 2 aromatic carbocycles. The SMILES string of the molecule is C=C[C@]1(C)[C@H](OCc2ccccc2)CCC2OC21C(O)C1(OCc2ccccc2)CCC(C)=C(I)C1(C)C. The largest absolute Gasteiger partial charge is 0.387 e. The quantitative estimate of drug-likeness (QED) is 0.177. The van der Waals surface area contributed by atoms with Crippen LogP contribution in [0.5, 0.6) is 0 Å². The molecule has 3 aliphatic rings. The van der Waals surface area contributed by atoms with Crippen LogP contribution in [0.15, 0.2) is 82.5 Å². The number of fused-ring (bicyclic) bond motifs is 1. The Morgan fingerprint density at radius 1 is 1.03 bits per heavy atom. The van der Waals surface area contributed by atoms with Crippen molar-refractivity contribution in [2.75, 3.05) is 0 Å². The predicted molar refractivity (Wildman–Crippen MR) is 160 cm³/mol. The van der Waals surface area contributed by atoms with Gasteiger partial charge in [-0.25, -0.2) is 0 Å². The van der Waals surface area contributed by atoms with Crippen LogP contribution in [0.1, 0.15) is 64.5 Å². The van der Waals surface area contributed by atoms with E-state index in [-0.39, 0.29) is 12.2 Å². The molecule has 0 bridgehead atoms. The molecule has 0 amide bonds. The normalized spacial score (nSPS) is 34.9. The number of benzene rings is 2. The summed E-state index contributed by atoms with van der Waals surface area (Å²) in [5.41, 5.74) is 0.968. The lowest BCUT2D eigenvalue weighted by Crippen LogP contribution is -2.67. The minimum Gasteiger partial charge on any atom is -0.387 e. The van der Waals surface area contributed by atoms with Crippen molar-refractivity contribution in [1.29, 1.82) is 0 Å². The van der Waals surface area contributed by atoms with Gasteiger partial charge in [0.25, 0.3) is 0 Å². The van der Waals surface area contributed by atoms with Gasteiger partial charge in [0.2, 0.25) is 0 Å². The summed E-state index contributed by atoms with van der Waals surface area (Å²) < 4.78 is 21.4. The fraction of sp³-hybridized carbons (Fsp3) is 0.515. The number of ether oxygens (including phenoxy) is 3. The number of aliphatic hydroxyl groups is 1. The summed E-state index contributed by atoms with van der Waals surface area (Å²) in [5, 5.41) is 12.7. The van der Waals surface area contributed by atoms with Gasteiger partial charge >= 0.3 is 0 Å². The summed E-state index contributed by atoms with van der Waals surface area (Å²) in [7, 11) is 0. The van der Waals surface area contributed by atoms with E-state index >= 15 is 0 Å². The molecule has 6 atom stereocenters. The summed E-state index contributed by atoms with van der Waals surface area (Å²) in [6.45, 7) is 14.0. The van der Waals surface area contributed by atoms with Gasteiger partial charge in [-0.05, 0) is 69.9 Å². The van der Waals surface area contributed by atoms with Crippen LogP contribution in [0.4, 0.5) is 0 Å². The topological polar surface area (TPSA) is 51.2 Å². The van der Waals surface area contributed by atoms with Crippen LogP contribution in [0.3, 0.4) is 0 Å². The first-order valence-corrected chi connectivity index (χ1v) is 14.9. The van der Waals surface area contributed by atoms with Crippen molar-refractivity contribution in [2.24, 2.45) is 10.8 Å². The van der Waals surface area contributed by atoms with Crippen LogP contribution in [-0.2, 0) is 27.4 Å². The Balaban J connectivity index is 1.51. The molecule has 0 spiro atoms. The Labute approximate surface area is 241 Å². The van der Waals surface area contributed by atoms with Crippen molar-refractivity contribution in [1.82, 2.24) is 0 Å². The molecule has 1 heterocycles. The number of rotatable bonds is 9. The van der Waals surface area contributed by atoms with E-state index in [1.54, 1.807) is 0 Å². The summed E-state index contributed by atoms with van der Waals surface area (Å²) in [6, 6.07) is 20.5. The van der Waals surface area contributed by atoms with Crippen LogP contribution in [0.25, 0.3) is 0 Å². The Morgan fingerprint density at radius 3 is 2.24 bits per heavy atom. The number of halogens is 1. The first kappa shape index (κ1) is 28.0. The van der Waals surface area contributed by atoms with E-state index in [0.717, 1.165) is 36.8 Å². The smallest absolute Gasteiger partial charge is 0.135 e. The predicted octanol–water partition coefficient (Wildman–Crippen LogP) is 7.54. The highest BCUT2D eigenvalue weighted by Gasteiger charge is 2.78. The zero-order chi connectivity index (χ0) is 27.2. The number of hydrogen-bond acceptors (Lipinski definition) is 4. The standard InChI is InChI=1S/C33H41IO4/c1-6-31(5)26(36-21-24-13-9-7-10-14-24)17-18-27-33(31,38-27)29(35)32(37-22-25-15-11-8-12-16-25)20-19-23(2)28(34)30(32,3)4/h6-16,26-27,29,35H,1,17-22H2,2-5H3/t26-,27?,29?,31-,32?,33?/m1/s1. The van der Waals surface area contributed by atoms with Gasteiger partial charge in [-0.2, -0.15) is 0 Å². The summed E-state index contributed by atoms with van der Waals surface area (Å²) >= 11 is 2.47. The van der Waals surface area contributed by atoms with Gasteiger partial charge in [0, 0.05) is 10.8 Å². The second-order valence-electron chi connectivity index (χ2n) is 12.0. The molecule has 5 rings (SSSR count). The van der Waals surface area contributed by atoms with Crippen LogP contribution in [-0.4, -0.2) is 34.6 Å². The molecule has 1 N–H and O–H groups in total.